The quantitative estimate of drug-likeness (QED) is 0.727. The maximum Gasteiger partial charge on any atom is 0.325 e. The molecule has 0 unspecified atom stereocenters. The minimum Gasteiger partial charge on any atom is -0.339 e. The molecule has 138 valence electrons. The Morgan fingerprint density at radius 1 is 0.960 bits per heavy atom. The van der Waals surface area contributed by atoms with Crippen molar-refractivity contribution < 1.29 is 19.2 Å². The predicted octanol–water partition coefficient (Wildman–Crippen LogP) is 0.322. The van der Waals surface area contributed by atoms with E-state index in [-0.39, 0.29) is 24.3 Å². The molecule has 2 saturated heterocycles. The Labute approximate surface area is 147 Å². The molecule has 0 bridgehead atoms. The van der Waals surface area contributed by atoms with Crippen LogP contribution in [-0.2, 0) is 14.4 Å². The second kappa shape index (κ2) is 7.01. The molecule has 8 nitrogen and oxygen atoms in total. The van der Waals surface area contributed by atoms with E-state index in [1.165, 1.54) is 6.92 Å². The van der Waals surface area contributed by atoms with Gasteiger partial charge in [0.05, 0.1) is 0 Å². The van der Waals surface area contributed by atoms with Crippen molar-refractivity contribution in [3.63, 3.8) is 0 Å². The zero-order chi connectivity index (χ0) is 18.0. The summed E-state index contributed by atoms with van der Waals surface area (Å²) in [6.07, 6.45) is 5.29. The van der Waals surface area contributed by atoms with Gasteiger partial charge in [-0.05, 0) is 12.8 Å². The van der Waals surface area contributed by atoms with Gasteiger partial charge in [0.2, 0.25) is 11.8 Å². The van der Waals surface area contributed by atoms with Gasteiger partial charge in [-0.25, -0.2) is 4.79 Å². The molecule has 2 aliphatic heterocycles. The van der Waals surface area contributed by atoms with Gasteiger partial charge in [0.25, 0.3) is 5.91 Å². The Balaban J connectivity index is 1.61. The lowest BCUT2D eigenvalue weighted by Gasteiger charge is -2.34. The van der Waals surface area contributed by atoms with Crippen molar-refractivity contribution >= 4 is 23.8 Å². The zero-order valence-electron chi connectivity index (χ0n) is 14.8. The third-order valence-electron chi connectivity index (χ3n) is 5.57. The molecule has 1 saturated carbocycles. The van der Waals surface area contributed by atoms with Gasteiger partial charge < -0.3 is 15.1 Å². The molecule has 3 rings (SSSR count). The Hall–Kier alpha value is -2.12. The average Bonchev–Trinajstić information content (AvgIpc) is 2.76. The van der Waals surface area contributed by atoms with Gasteiger partial charge in [-0.15, -0.1) is 0 Å². The number of imide groups is 1. The van der Waals surface area contributed by atoms with Crippen molar-refractivity contribution in [2.45, 2.75) is 51.0 Å². The number of amides is 5. The minimum atomic E-state index is -0.804. The van der Waals surface area contributed by atoms with Gasteiger partial charge in [0, 0.05) is 33.1 Å². The summed E-state index contributed by atoms with van der Waals surface area (Å²) < 4.78 is 0. The molecule has 8 heteroatoms. The maximum atomic E-state index is 12.8. The first-order chi connectivity index (χ1) is 11.9. The highest BCUT2D eigenvalue weighted by atomic mass is 16.2. The van der Waals surface area contributed by atoms with E-state index in [1.807, 2.05) is 0 Å². The SMILES string of the molecule is CC(=O)N1CCN(C(=O)CN2C(=O)NC3(CCCCCC3)C2=O)CC1. The summed E-state index contributed by atoms with van der Waals surface area (Å²) in [5, 5.41) is 2.85. The first-order valence-electron chi connectivity index (χ1n) is 9.10. The molecule has 0 aromatic carbocycles. The third-order valence-corrected chi connectivity index (χ3v) is 5.57. The summed E-state index contributed by atoms with van der Waals surface area (Å²) in [5.74, 6) is -0.496. The minimum absolute atomic E-state index is 0.00324. The van der Waals surface area contributed by atoms with Crippen molar-refractivity contribution in [3.05, 3.63) is 0 Å². The van der Waals surface area contributed by atoms with Crippen molar-refractivity contribution in [3.8, 4) is 0 Å². The van der Waals surface area contributed by atoms with E-state index in [2.05, 4.69) is 5.32 Å². The van der Waals surface area contributed by atoms with Crippen LogP contribution in [-0.4, -0.2) is 76.7 Å². The van der Waals surface area contributed by atoms with Crippen molar-refractivity contribution in [2.75, 3.05) is 32.7 Å². The van der Waals surface area contributed by atoms with Gasteiger partial charge in [-0.2, -0.15) is 0 Å². The first kappa shape index (κ1) is 17.7. The van der Waals surface area contributed by atoms with Crippen LogP contribution in [0.3, 0.4) is 0 Å². The zero-order valence-corrected chi connectivity index (χ0v) is 14.8. The van der Waals surface area contributed by atoms with Crippen LogP contribution in [0.2, 0.25) is 0 Å². The van der Waals surface area contributed by atoms with Gasteiger partial charge >= 0.3 is 6.03 Å². The highest BCUT2D eigenvalue weighted by molar-refractivity contribution is 6.09. The first-order valence-corrected chi connectivity index (χ1v) is 9.10. The second-order valence-corrected chi connectivity index (χ2v) is 7.20. The largest absolute Gasteiger partial charge is 0.339 e. The Kier molecular flexibility index (Phi) is 4.96. The molecule has 1 spiro atoms. The number of nitrogens with one attached hydrogen (secondary N) is 1. The van der Waals surface area contributed by atoms with E-state index in [4.69, 9.17) is 0 Å². The lowest BCUT2D eigenvalue weighted by Crippen LogP contribution is -2.53. The van der Waals surface area contributed by atoms with Crippen LogP contribution in [0.25, 0.3) is 0 Å². The van der Waals surface area contributed by atoms with Crippen LogP contribution in [0.15, 0.2) is 0 Å². The van der Waals surface area contributed by atoms with Crippen LogP contribution < -0.4 is 5.32 Å². The van der Waals surface area contributed by atoms with Gasteiger partial charge in [-0.3, -0.25) is 19.3 Å². The molecule has 5 amide bonds. The van der Waals surface area contributed by atoms with E-state index < -0.39 is 11.6 Å². The number of rotatable bonds is 2. The highest BCUT2D eigenvalue weighted by Crippen LogP contribution is 2.32. The summed E-state index contributed by atoms with van der Waals surface area (Å²) in [7, 11) is 0. The summed E-state index contributed by atoms with van der Waals surface area (Å²) in [6.45, 7) is 3.15. The molecule has 1 N–H and O–H groups in total. The Morgan fingerprint density at radius 2 is 1.52 bits per heavy atom. The molecule has 1 aliphatic carbocycles. The molecule has 0 aromatic heterocycles. The van der Waals surface area contributed by atoms with E-state index in [9.17, 15) is 19.2 Å². The van der Waals surface area contributed by atoms with E-state index >= 15 is 0 Å². The summed E-state index contributed by atoms with van der Waals surface area (Å²) in [6, 6.07) is -0.456. The predicted molar refractivity (Wildman–Crippen MR) is 89.5 cm³/mol. The van der Waals surface area contributed by atoms with Gasteiger partial charge in [-0.1, -0.05) is 25.7 Å². The van der Waals surface area contributed by atoms with Gasteiger partial charge in [0.1, 0.15) is 12.1 Å². The molecular weight excluding hydrogens is 324 g/mol. The molecule has 25 heavy (non-hydrogen) atoms. The number of carbonyl (C=O) groups is 4. The lowest BCUT2D eigenvalue weighted by atomic mass is 9.90. The second-order valence-electron chi connectivity index (χ2n) is 7.20. The topological polar surface area (TPSA) is 90.0 Å². The van der Waals surface area contributed by atoms with E-state index in [1.54, 1.807) is 9.80 Å². The van der Waals surface area contributed by atoms with Crippen LogP contribution in [0.1, 0.15) is 45.4 Å². The standard InChI is InChI=1S/C17H26N4O4/c1-13(22)19-8-10-20(11-9-19)14(23)12-21-15(24)17(18-16(21)25)6-4-2-3-5-7-17/h2-12H2,1H3,(H,18,25). The smallest absolute Gasteiger partial charge is 0.325 e. The monoisotopic (exact) mass is 350 g/mol. The summed E-state index contributed by atoms with van der Waals surface area (Å²) in [5.41, 5.74) is -0.804. The van der Waals surface area contributed by atoms with E-state index in [0.717, 1.165) is 30.6 Å². The van der Waals surface area contributed by atoms with E-state index in [0.29, 0.717) is 39.0 Å². The van der Waals surface area contributed by atoms with Crippen molar-refractivity contribution in [2.24, 2.45) is 0 Å². The fraction of sp³-hybridized carbons (Fsp3) is 0.765. The third kappa shape index (κ3) is 3.48. The fourth-order valence-electron chi connectivity index (χ4n) is 4.00. The Morgan fingerprint density at radius 3 is 2.08 bits per heavy atom. The molecule has 0 aromatic rings. The van der Waals surface area contributed by atoms with Crippen LogP contribution in [0, 0.1) is 0 Å². The summed E-state index contributed by atoms with van der Waals surface area (Å²) in [4.78, 5) is 53.4. The van der Waals surface area contributed by atoms with Crippen LogP contribution in [0.4, 0.5) is 4.79 Å². The molecule has 3 aliphatic rings. The Bertz CT molecular complexity index is 575. The fourth-order valence-corrected chi connectivity index (χ4v) is 4.00. The highest BCUT2D eigenvalue weighted by Gasteiger charge is 2.51. The van der Waals surface area contributed by atoms with Gasteiger partial charge in [0.15, 0.2) is 0 Å². The van der Waals surface area contributed by atoms with Crippen LogP contribution in [0.5, 0.6) is 0 Å². The van der Waals surface area contributed by atoms with Crippen LogP contribution >= 0.6 is 0 Å². The molecule has 2 heterocycles. The number of hydrogen-bond donors (Lipinski definition) is 1. The number of carbonyl (C=O) groups excluding carboxylic acids is 4. The number of hydrogen-bond acceptors (Lipinski definition) is 4. The van der Waals surface area contributed by atoms with Crippen molar-refractivity contribution in [1.29, 1.82) is 0 Å². The number of urea groups is 1. The molecular formula is C17H26N4O4. The van der Waals surface area contributed by atoms with Crippen molar-refractivity contribution in [1.82, 2.24) is 20.0 Å². The number of piperazine rings is 1. The number of nitrogens with zero attached hydrogens (tertiary/aromatic N) is 3. The maximum absolute atomic E-state index is 12.8. The summed E-state index contributed by atoms with van der Waals surface area (Å²) >= 11 is 0. The lowest BCUT2D eigenvalue weighted by molar-refractivity contribution is -0.142. The normalized spacial score (nSPS) is 23.6. The molecule has 0 atom stereocenters. The molecule has 3 fully saturated rings. The average molecular weight is 350 g/mol. The molecule has 0 radical (unpaired) electrons.